The minimum Gasteiger partial charge on any atom is -0.459 e. The third kappa shape index (κ3) is 2.44. The summed E-state index contributed by atoms with van der Waals surface area (Å²) >= 11 is 0. The van der Waals surface area contributed by atoms with Crippen molar-refractivity contribution in [3.63, 3.8) is 0 Å². The highest BCUT2D eigenvalue weighted by molar-refractivity contribution is 5.82. The smallest absolute Gasteiger partial charge is 0.250 e. The molecular weight excluding hydrogens is 264 g/mol. The van der Waals surface area contributed by atoms with Gasteiger partial charge in [0.15, 0.2) is 0 Å². The van der Waals surface area contributed by atoms with Gasteiger partial charge in [-0.05, 0) is 26.0 Å². The number of hydrogen-bond acceptors (Lipinski definition) is 3. The summed E-state index contributed by atoms with van der Waals surface area (Å²) < 4.78 is 7.51. The molecule has 1 atom stereocenters. The average Bonchev–Trinajstić information content (AvgIpc) is 2.81. The van der Waals surface area contributed by atoms with Crippen molar-refractivity contribution >= 4 is 16.7 Å². The first-order valence-electron chi connectivity index (χ1n) is 6.97. The number of aromatic nitrogens is 1. The van der Waals surface area contributed by atoms with Gasteiger partial charge in [0.1, 0.15) is 11.3 Å². The maximum Gasteiger partial charge on any atom is 0.250 e. The number of fused-ring (bicyclic) bond motifs is 1. The molecule has 0 saturated carbocycles. The maximum atomic E-state index is 11.4. The molecule has 0 saturated heterocycles. The first kappa shape index (κ1) is 13.5. The first-order valence-corrected chi connectivity index (χ1v) is 6.97. The van der Waals surface area contributed by atoms with E-state index in [0.717, 1.165) is 28.0 Å². The molecule has 0 aliphatic rings. The van der Waals surface area contributed by atoms with Gasteiger partial charge in [-0.15, -0.1) is 0 Å². The van der Waals surface area contributed by atoms with Gasteiger partial charge in [0.05, 0.1) is 11.7 Å². The van der Waals surface area contributed by atoms with Crippen molar-refractivity contribution in [1.82, 2.24) is 4.57 Å². The van der Waals surface area contributed by atoms with Crippen molar-refractivity contribution in [3.8, 4) is 0 Å². The van der Waals surface area contributed by atoms with Gasteiger partial charge in [-0.25, -0.2) is 0 Å². The third-order valence-electron chi connectivity index (χ3n) is 3.74. The molecule has 2 heterocycles. The Balaban J connectivity index is 1.93. The lowest BCUT2D eigenvalue weighted by Crippen LogP contribution is -2.16. The van der Waals surface area contributed by atoms with Crippen LogP contribution >= 0.6 is 0 Å². The fraction of sp³-hybridized carbons (Fsp3) is 0.235. The van der Waals surface area contributed by atoms with E-state index >= 15 is 0 Å². The number of nitrogens with one attached hydrogen (secondary N) is 1. The number of furan rings is 1. The summed E-state index contributed by atoms with van der Waals surface area (Å²) in [6.45, 7) is 4.12. The molecule has 4 nitrogen and oxygen atoms in total. The number of aryl methyl sites for hydroxylation is 2. The second-order valence-electron chi connectivity index (χ2n) is 5.32. The molecule has 1 unspecified atom stereocenters. The third-order valence-corrected chi connectivity index (χ3v) is 3.74. The molecule has 3 aromatic rings. The highest BCUT2D eigenvalue weighted by atomic mass is 16.3. The molecule has 3 rings (SSSR count). The van der Waals surface area contributed by atoms with Gasteiger partial charge < -0.3 is 14.3 Å². The standard InChI is InChI=1S/C17H18N2O2/c1-11-14-6-4-5-7-15(14)21-17(11)12(2)18-13-8-9-16(20)19(3)10-13/h4-10,12,18H,1-3H3. The summed E-state index contributed by atoms with van der Waals surface area (Å²) in [6.07, 6.45) is 1.79. The molecule has 1 aromatic carbocycles. The molecular formula is C17H18N2O2. The van der Waals surface area contributed by atoms with Gasteiger partial charge in [-0.3, -0.25) is 4.79 Å². The fourth-order valence-corrected chi connectivity index (χ4v) is 2.60. The SMILES string of the molecule is Cc1c(C(C)Nc2ccc(=O)n(C)c2)oc2ccccc12. The Morgan fingerprint density at radius 1 is 1.19 bits per heavy atom. The zero-order valence-electron chi connectivity index (χ0n) is 12.4. The molecule has 0 fully saturated rings. The number of benzene rings is 1. The number of hydrogen-bond donors (Lipinski definition) is 1. The summed E-state index contributed by atoms with van der Waals surface area (Å²) in [4.78, 5) is 11.4. The number of nitrogens with zero attached hydrogens (tertiary/aromatic N) is 1. The summed E-state index contributed by atoms with van der Waals surface area (Å²) in [7, 11) is 1.74. The molecule has 0 aliphatic carbocycles. The quantitative estimate of drug-likeness (QED) is 0.798. The van der Waals surface area contributed by atoms with Crippen LogP contribution in [0.25, 0.3) is 11.0 Å². The Labute approximate surface area is 123 Å². The van der Waals surface area contributed by atoms with Gasteiger partial charge in [0.25, 0.3) is 0 Å². The lowest BCUT2D eigenvalue weighted by atomic mass is 10.1. The van der Waals surface area contributed by atoms with E-state index in [4.69, 9.17) is 4.42 Å². The highest BCUT2D eigenvalue weighted by Crippen LogP contribution is 2.30. The Morgan fingerprint density at radius 3 is 2.67 bits per heavy atom. The minimum atomic E-state index is -0.0203. The normalized spacial score (nSPS) is 12.5. The molecule has 0 spiro atoms. The van der Waals surface area contributed by atoms with E-state index in [-0.39, 0.29) is 11.6 Å². The van der Waals surface area contributed by atoms with Crippen LogP contribution in [0.2, 0.25) is 0 Å². The molecule has 0 radical (unpaired) electrons. The monoisotopic (exact) mass is 282 g/mol. The van der Waals surface area contributed by atoms with Crippen LogP contribution in [0.3, 0.4) is 0 Å². The van der Waals surface area contributed by atoms with Crippen molar-refractivity contribution in [2.75, 3.05) is 5.32 Å². The van der Waals surface area contributed by atoms with E-state index in [9.17, 15) is 4.79 Å². The van der Waals surface area contributed by atoms with Crippen molar-refractivity contribution in [2.45, 2.75) is 19.9 Å². The number of para-hydroxylation sites is 1. The van der Waals surface area contributed by atoms with Gasteiger partial charge in [0.2, 0.25) is 5.56 Å². The summed E-state index contributed by atoms with van der Waals surface area (Å²) in [6, 6.07) is 11.4. The van der Waals surface area contributed by atoms with Crippen molar-refractivity contribution < 1.29 is 4.42 Å². The van der Waals surface area contributed by atoms with Crippen LogP contribution < -0.4 is 10.9 Å². The van der Waals surface area contributed by atoms with E-state index in [1.54, 1.807) is 29.9 Å². The zero-order chi connectivity index (χ0) is 15.0. The fourth-order valence-electron chi connectivity index (χ4n) is 2.60. The van der Waals surface area contributed by atoms with Crippen molar-refractivity contribution in [2.24, 2.45) is 7.05 Å². The molecule has 0 amide bonds. The lowest BCUT2D eigenvalue weighted by molar-refractivity contribution is 0.522. The van der Waals surface area contributed by atoms with Crippen LogP contribution in [0.4, 0.5) is 5.69 Å². The van der Waals surface area contributed by atoms with Crippen LogP contribution in [-0.4, -0.2) is 4.57 Å². The number of rotatable bonds is 3. The minimum absolute atomic E-state index is 0.0203. The second kappa shape index (κ2) is 5.13. The van der Waals surface area contributed by atoms with Crippen molar-refractivity contribution in [1.29, 1.82) is 0 Å². The van der Waals surface area contributed by atoms with Gasteiger partial charge in [-0.1, -0.05) is 18.2 Å². The molecule has 108 valence electrons. The summed E-state index contributed by atoms with van der Waals surface area (Å²) in [5.74, 6) is 0.921. The van der Waals surface area contributed by atoms with E-state index < -0.39 is 0 Å². The lowest BCUT2D eigenvalue weighted by Gasteiger charge is -2.14. The largest absolute Gasteiger partial charge is 0.459 e. The zero-order valence-corrected chi connectivity index (χ0v) is 12.4. The van der Waals surface area contributed by atoms with Crippen LogP contribution in [0.1, 0.15) is 24.3 Å². The number of pyridine rings is 1. The van der Waals surface area contributed by atoms with Crippen LogP contribution in [-0.2, 0) is 7.05 Å². The molecule has 1 N–H and O–H groups in total. The molecule has 0 aliphatic heterocycles. The maximum absolute atomic E-state index is 11.4. The Morgan fingerprint density at radius 2 is 1.95 bits per heavy atom. The molecule has 0 bridgehead atoms. The Kier molecular flexibility index (Phi) is 3.29. The first-order chi connectivity index (χ1) is 10.1. The Bertz CT molecular complexity index is 845. The summed E-state index contributed by atoms with van der Waals surface area (Å²) in [5, 5.41) is 4.51. The number of anilines is 1. The predicted octanol–water partition coefficient (Wildman–Crippen LogP) is 3.61. The molecule has 4 heteroatoms. The average molecular weight is 282 g/mol. The van der Waals surface area contributed by atoms with Crippen LogP contribution in [0.15, 0.2) is 51.8 Å². The molecule has 2 aromatic heterocycles. The van der Waals surface area contributed by atoms with E-state index in [2.05, 4.69) is 25.2 Å². The predicted molar refractivity (Wildman–Crippen MR) is 84.7 cm³/mol. The summed E-state index contributed by atoms with van der Waals surface area (Å²) in [5.41, 5.74) is 2.92. The second-order valence-corrected chi connectivity index (χ2v) is 5.32. The highest BCUT2D eigenvalue weighted by Gasteiger charge is 2.16. The van der Waals surface area contributed by atoms with Gasteiger partial charge in [-0.2, -0.15) is 0 Å². The topological polar surface area (TPSA) is 47.2 Å². The van der Waals surface area contributed by atoms with Gasteiger partial charge >= 0.3 is 0 Å². The van der Waals surface area contributed by atoms with E-state index in [1.807, 2.05) is 18.2 Å². The molecule has 21 heavy (non-hydrogen) atoms. The van der Waals surface area contributed by atoms with Gasteiger partial charge in [0, 0.05) is 30.3 Å². The van der Waals surface area contributed by atoms with E-state index in [1.165, 1.54) is 0 Å². The van der Waals surface area contributed by atoms with Crippen molar-refractivity contribution in [3.05, 3.63) is 64.3 Å². The Hall–Kier alpha value is -2.49. The van der Waals surface area contributed by atoms with E-state index in [0.29, 0.717) is 0 Å². The van der Waals surface area contributed by atoms with Crippen LogP contribution in [0, 0.1) is 6.92 Å². The van der Waals surface area contributed by atoms with Crippen LogP contribution in [0.5, 0.6) is 0 Å².